The standard InChI is InChI=1S/C20H32O8Si/c1-12(22)24-17-16-19(11-21)10-15(25-17)27-20(16,26-13(2)23)9-8-14(19)28-29(6,7)18(3,4)5/h11,14-17H,8-10H2,1-7H3/t14-,15+,16+,17+,19-,20-/m0/s1. The Morgan fingerprint density at radius 1 is 1.17 bits per heavy atom. The highest BCUT2D eigenvalue weighted by molar-refractivity contribution is 6.74. The molecule has 9 heteroatoms. The van der Waals surface area contributed by atoms with E-state index < -0.39 is 56.1 Å². The van der Waals surface area contributed by atoms with Gasteiger partial charge in [-0.25, -0.2) is 0 Å². The molecule has 1 saturated carbocycles. The lowest BCUT2D eigenvalue weighted by Gasteiger charge is -2.64. The van der Waals surface area contributed by atoms with Crippen LogP contribution in [0.5, 0.6) is 0 Å². The van der Waals surface area contributed by atoms with Gasteiger partial charge in [0.1, 0.15) is 12.2 Å². The topological polar surface area (TPSA) is 97.4 Å². The molecule has 0 N–H and O–H groups in total. The van der Waals surface area contributed by atoms with E-state index >= 15 is 0 Å². The number of carbonyl (C=O) groups is 3. The van der Waals surface area contributed by atoms with Crippen LogP contribution in [0.1, 0.15) is 53.9 Å². The Hall–Kier alpha value is -1.29. The summed E-state index contributed by atoms with van der Waals surface area (Å²) in [5.74, 6) is -3.24. The van der Waals surface area contributed by atoms with E-state index in [1.165, 1.54) is 13.8 Å². The number of carbonyl (C=O) groups excluding carboxylic acids is 3. The molecule has 3 heterocycles. The summed E-state index contributed by atoms with van der Waals surface area (Å²) in [5.41, 5.74) is -1.04. The minimum atomic E-state index is -2.21. The molecule has 4 bridgehead atoms. The van der Waals surface area contributed by atoms with E-state index in [1.54, 1.807) is 0 Å². The van der Waals surface area contributed by atoms with E-state index in [9.17, 15) is 14.4 Å². The van der Waals surface area contributed by atoms with Crippen LogP contribution < -0.4 is 0 Å². The molecule has 0 aromatic carbocycles. The Balaban J connectivity index is 2.05. The van der Waals surface area contributed by atoms with Crippen LogP contribution >= 0.6 is 0 Å². The monoisotopic (exact) mass is 428 g/mol. The Kier molecular flexibility index (Phi) is 5.52. The van der Waals surface area contributed by atoms with Crippen molar-refractivity contribution in [3.8, 4) is 0 Å². The van der Waals surface area contributed by atoms with Gasteiger partial charge in [-0.1, -0.05) is 20.8 Å². The highest BCUT2D eigenvalue weighted by Crippen LogP contribution is 2.62. The normalized spacial score (nSPS) is 39.0. The Labute approximate surface area is 172 Å². The third kappa shape index (κ3) is 3.66. The summed E-state index contributed by atoms with van der Waals surface area (Å²) in [7, 11) is -2.21. The molecular weight excluding hydrogens is 396 g/mol. The number of aldehydes is 1. The van der Waals surface area contributed by atoms with Gasteiger partial charge in [-0.3, -0.25) is 9.59 Å². The lowest BCUT2D eigenvalue weighted by Crippen LogP contribution is -2.75. The number of hydrogen-bond donors (Lipinski definition) is 0. The summed E-state index contributed by atoms with van der Waals surface area (Å²) in [5, 5.41) is -0.0442. The van der Waals surface area contributed by atoms with Crippen molar-refractivity contribution in [3.05, 3.63) is 0 Å². The van der Waals surface area contributed by atoms with Crippen LogP contribution in [0.4, 0.5) is 0 Å². The molecule has 0 unspecified atom stereocenters. The zero-order valence-electron chi connectivity index (χ0n) is 18.3. The number of ether oxygens (including phenoxy) is 4. The van der Waals surface area contributed by atoms with E-state index in [1.807, 2.05) is 0 Å². The molecule has 4 aliphatic rings. The van der Waals surface area contributed by atoms with Crippen LogP contribution in [-0.2, 0) is 37.8 Å². The third-order valence-electron chi connectivity index (χ3n) is 6.88. The van der Waals surface area contributed by atoms with Gasteiger partial charge < -0.3 is 28.2 Å². The van der Waals surface area contributed by atoms with Gasteiger partial charge in [0.2, 0.25) is 12.1 Å². The highest BCUT2D eigenvalue weighted by atomic mass is 28.4. The van der Waals surface area contributed by atoms with Gasteiger partial charge in [-0.2, -0.15) is 0 Å². The summed E-state index contributed by atoms with van der Waals surface area (Å²) in [4.78, 5) is 36.2. The SMILES string of the molecule is CC(=O)O[C@@H]1O[C@H]2C[C@]3(C=O)[C@@H](O[Si](C)(C)C(C)(C)C)CC[C@](OC(C)=O)(O2)[C@H]13. The van der Waals surface area contributed by atoms with Crippen LogP contribution in [0.15, 0.2) is 0 Å². The lowest BCUT2D eigenvalue weighted by atomic mass is 9.57. The first-order valence-corrected chi connectivity index (χ1v) is 13.0. The van der Waals surface area contributed by atoms with Gasteiger partial charge in [0.15, 0.2) is 14.6 Å². The molecule has 3 aliphatic heterocycles. The Bertz CT molecular complexity index is 701. The number of rotatable bonds is 5. The molecule has 0 aromatic heterocycles. The van der Waals surface area contributed by atoms with E-state index in [2.05, 4.69) is 33.9 Å². The van der Waals surface area contributed by atoms with Gasteiger partial charge in [0.05, 0.1) is 11.5 Å². The summed E-state index contributed by atoms with van der Waals surface area (Å²) < 4.78 is 29.5. The minimum absolute atomic E-state index is 0.0442. The maximum Gasteiger partial charge on any atom is 0.305 e. The van der Waals surface area contributed by atoms with Gasteiger partial charge in [-0.05, 0) is 24.6 Å². The summed E-state index contributed by atoms with van der Waals surface area (Å²) >= 11 is 0. The fraction of sp³-hybridized carbons (Fsp3) is 0.850. The molecule has 1 aliphatic carbocycles. The molecule has 0 aromatic rings. The second-order valence-corrected chi connectivity index (χ2v) is 14.6. The fourth-order valence-electron chi connectivity index (χ4n) is 4.61. The molecule has 0 spiro atoms. The zero-order valence-corrected chi connectivity index (χ0v) is 19.3. The lowest BCUT2D eigenvalue weighted by molar-refractivity contribution is -0.469. The average Bonchev–Trinajstić information content (AvgIpc) is 2.55. The van der Waals surface area contributed by atoms with Crippen molar-refractivity contribution in [2.75, 3.05) is 0 Å². The summed E-state index contributed by atoms with van der Waals surface area (Å²) in [6.45, 7) is 13.3. The molecule has 29 heavy (non-hydrogen) atoms. The summed E-state index contributed by atoms with van der Waals surface area (Å²) in [6, 6.07) is 0. The first kappa shape index (κ1) is 22.4. The second kappa shape index (κ2) is 7.14. The Morgan fingerprint density at radius 2 is 1.83 bits per heavy atom. The van der Waals surface area contributed by atoms with E-state index in [0.717, 1.165) is 6.29 Å². The third-order valence-corrected chi connectivity index (χ3v) is 11.4. The average molecular weight is 429 g/mol. The van der Waals surface area contributed by atoms with Crippen LogP contribution in [0.2, 0.25) is 18.1 Å². The van der Waals surface area contributed by atoms with Crippen molar-refractivity contribution in [1.29, 1.82) is 0 Å². The maximum absolute atomic E-state index is 12.6. The van der Waals surface area contributed by atoms with Gasteiger partial charge in [0, 0.05) is 26.7 Å². The minimum Gasteiger partial charge on any atom is -0.435 e. The molecule has 0 amide bonds. The second-order valence-electron chi connectivity index (χ2n) is 9.88. The highest BCUT2D eigenvalue weighted by Gasteiger charge is 2.73. The molecule has 0 radical (unpaired) electrons. The van der Waals surface area contributed by atoms with E-state index in [0.29, 0.717) is 12.8 Å². The van der Waals surface area contributed by atoms with Crippen LogP contribution in [0.25, 0.3) is 0 Å². The van der Waals surface area contributed by atoms with Crippen molar-refractivity contribution in [3.63, 3.8) is 0 Å². The number of esters is 2. The largest absolute Gasteiger partial charge is 0.435 e. The van der Waals surface area contributed by atoms with Crippen molar-refractivity contribution in [2.24, 2.45) is 11.3 Å². The molecule has 4 fully saturated rings. The molecule has 6 atom stereocenters. The molecule has 164 valence electrons. The molecule has 4 rings (SSSR count). The number of fused-ring (bicyclic) bond motifs is 1. The molecule has 3 saturated heterocycles. The van der Waals surface area contributed by atoms with Gasteiger partial charge in [0.25, 0.3) is 0 Å². The van der Waals surface area contributed by atoms with Crippen molar-refractivity contribution >= 4 is 26.5 Å². The van der Waals surface area contributed by atoms with E-state index in [-0.39, 0.29) is 11.5 Å². The molecule has 8 nitrogen and oxygen atoms in total. The molecular formula is C20H32O8Si. The summed E-state index contributed by atoms with van der Waals surface area (Å²) in [6.07, 6.45) is -0.306. The maximum atomic E-state index is 12.6. The van der Waals surface area contributed by atoms with Crippen LogP contribution in [-0.4, -0.2) is 51.0 Å². The van der Waals surface area contributed by atoms with Gasteiger partial charge in [-0.15, -0.1) is 0 Å². The number of hydrogen-bond acceptors (Lipinski definition) is 8. The quantitative estimate of drug-likeness (QED) is 0.375. The predicted octanol–water partition coefficient (Wildman–Crippen LogP) is 2.90. The van der Waals surface area contributed by atoms with Crippen molar-refractivity contribution in [2.45, 2.75) is 96.5 Å². The Morgan fingerprint density at radius 3 is 2.34 bits per heavy atom. The van der Waals surface area contributed by atoms with Crippen molar-refractivity contribution < 1.29 is 37.8 Å². The zero-order chi connectivity index (χ0) is 21.8. The van der Waals surface area contributed by atoms with Gasteiger partial charge >= 0.3 is 11.9 Å². The predicted molar refractivity (Wildman–Crippen MR) is 104 cm³/mol. The van der Waals surface area contributed by atoms with Crippen molar-refractivity contribution in [1.82, 2.24) is 0 Å². The van der Waals surface area contributed by atoms with Crippen LogP contribution in [0, 0.1) is 11.3 Å². The smallest absolute Gasteiger partial charge is 0.305 e. The fourth-order valence-corrected chi connectivity index (χ4v) is 6.02. The van der Waals surface area contributed by atoms with Crippen LogP contribution in [0.3, 0.4) is 0 Å². The first-order valence-electron chi connectivity index (χ1n) is 10.1. The van der Waals surface area contributed by atoms with E-state index in [4.69, 9.17) is 23.4 Å². The first-order chi connectivity index (χ1) is 13.3.